The Balaban J connectivity index is 0.000000304. The standard InChI is InChI=1S/C12H16O3.C4H8O2/c1-4-14-11(13)8-15-12-9(2)6-5-7-10(12)3;1-2-6-4-3-5-1/h5-7H,4,8H2,1-3H3;1-4H2. The number of hydrogen-bond acceptors (Lipinski definition) is 5. The molecule has 1 saturated heterocycles. The number of para-hydroxylation sites is 1. The van der Waals surface area contributed by atoms with Crippen LogP contribution >= 0.6 is 0 Å². The van der Waals surface area contributed by atoms with Gasteiger partial charge in [-0.25, -0.2) is 4.79 Å². The van der Waals surface area contributed by atoms with Crippen LogP contribution in [-0.4, -0.2) is 45.6 Å². The van der Waals surface area contributed by atoms with Crippen LogP contribution in [0.2, 0.25) is 0 Å². The molecule has 0 amide bonds. The third-order valence-corrected chi connectivity index (χ3v) is 2.79. The molecule has 0 atom stereocenters. The van der Waals surface area contributed by atoms with Crippen LogP contribution in [-0.2, 0) is 19.0 Å². The first-order valence-electron chi connectivity index (χ1n) is 7.15. The minimum absolute atomic E-state index is 0.0282. The predicted octanol–water partition coefficient (Wildman–Crippen LogP) is 2.28. The Kier molecular flexibility index (Phi) is 8.47. The van der Waals surface area contributed by atoms with E-state index < -0.39 is 0 Å². The van der Waals surface area contributed by atoms with E-state index in [9.17, 15) is 4.79 Å². The molecule has 0 aliphatic carbocycles. The van der Waals surface area contributed by atoms with E-state index >= 15 is 0 Å². The highest BCUT2D eigenvalue weighted by Crippen LogP contribution is 2.22. The van der Waals surface area contributed by atoms with Crippen LogP contribution in [0.3, 0.4) is 0 Å². The quantitative estimate of drug-likeness (QED) is 0.798. The molecule has 1 fully saturated rings. The van der Waals surface area contributed by atoms with Crippen LogP contribution in [0.1, 0.15) is 18.1 Å². The molecule has 0 radical (unpaired) electrons. The van der Waals surface area contributed by atoms with Crippen molar-refractivity contribution in [3.8, 4) is 5.75 Å². The lowest BCUT2D eigenvalue weighted by atomic mass is 10.1. The van der Waals surface area contributed by atoms with E-state index in [1.165, 1.54) is 0 Å². The van der Waals surface area contributed by atoms with E-state index in [1.54, 1.807) is 6.92 Å². The van der Waals surface area contributed by atoms with Crippen LogP contribution < -0.4 is 4.74 Å². The summed E-state index contributed by atoms with van der Waals surface area (Å²) in [5.74, 6) is 0.436. The van der Waals surface area contributed by atoms with E-state index in [-0.39, 0.29) is 12.6 Å². The van der Waals surface area contributed by atoms with Crippen molar-refractivity contribution in [1.82, 2.24) is 0 Å². The molecule has 1 aliphatic heterocycles. The van der Waals surface area contributed by atoms with Gasteiger partial charge in [-0.05, 0) is 31.9 Å². The minimum Gasteiger partial charge on any atom is -0.481 e. The third-order valence-electron chi connectivity index (χ3n) is 2.79. The molecule has 0 spiro atoms. The fourth-order valence-electron chi connectivity index (χ4n) is 1.80. The maximum absolute atomic E-state index is 11.1. The Labute approximate surface area is 126 Å². The average molecular weight is 296 g/mol. The molecule has 1 heterocycles. The van der Waals surface area contributed by atoms with Crippen molar-refractivity contribution in [3.05, 3.63) is 29.3 Å². The van der Waals surface area contributed by atoms with Crippen molar-refractivity contribution in [2.24, 2.45) is 0 Å². The van der Waals surface area contributed by atoms with Gasteiger partial charge in [-0.3, -0.25) is 0 Å². The van der Waals surface area contributed by atoms with Gasteiger partial charge in [0, 0.05) is 0 Å². The normalized spacial score (nSPS) is 13.9. The van der Waals surface area contributed by atoms with Crippen LogP contribution in [0.25, 0.3) is 0 Å². The number of benzene rings is 1. The molecule has 21 heavy (non-hydrogen) atoms. The summed E-state index contributed by atoms with van der Waals surface area (Å²) in [6, 6.07) is 5.86. The van der Waals surface area contributed by atoms with Crippen molar-refractivity contribution < 1.29 is 23.7 Å². The Morgan fingerprint density at radius 2 is 1.62 bits per heavy atom. The fraction of sp³-hybridized carbons (Fsp3) is 0.562. The summed E-state index contributed by atoms with van der Waals surface area (Å²) >= 11 is 0. The van der Waals surface area contributed by atoms with Gasteiger partial charge in [-0.15, -0.1) is 0 Å². The summed E-state index contributed by atoms with van der Waals surface area (Å²) in [4.78, 5) is 11.1. The zero-order chi connectivity index (χ0) is 15.5. The number of carbonyl (C=O) groups excluding carboxylic acids is 1. The smallest absolute Gasteiger partial charge is 0.344 e. The summed E-state index contributed by atoms with van der Waals surface area (Å²) in [5, 5.41) is 0. The number of ether oxygens (including phenoxy) is 4. The minimum atomic E-state index is -0.333. The number of carbonyl (C=O) groups is 1. The molecule has 1 aromatic rings. The Hall–Kier alpha value is -1.59. The van der Waals surface area contributed by atoms with E-state index in [0.29, 0.717) is 6.61 Å². The summed E-state index contributed by atoms with van der Waals surface area (Å²) < 4.78 is 20.1. The van der Waals surface area contributed by atoms with Crippen LogP contribution in [0, 0.1) is 13.8 Å². The van der Waals surface area contributed by atoms with Crippen molar-refractivity contribution in [2.45, 2.75) is 20.8 Å². The highest BCUT2D eigenvalue weighted by atomic mass is 16.6. The first-order valence-corrected chi connectivity index (χ1v) is 7.15. The van der Waals surface area contributed by atoms with Crippen LogP contribution in [0.5, 0.6) is 5.75 Å². The Morgan fingerprint density at radius 3 is 2.05 bits per heavy atom. The Bertz CT molecular complexity index is 395. The molecule has 5 heteroatoms. The first kappa shape index (κ1) is 17.5. The first-order chi connectivity index (χ1) is 10.1. The third kappa shape index (κ3) is 7.11. The highest BCUT2D eigenvalue weighted by Gasteiger charge is 2.07. The van der Waals surface area contributed by atoms with E-state index in [0.717, 1.165) is 43.3 Å². The molecule has 5 nitrogen and oxygen atoms in total. The molecule has 0 aromatic heterocycles. The van der Waals surface area contributed by atoms with Crippen LogP contribution in [0.4, 0.5) is 0 Å². The van der Waals surface area contributed by atoms with Gasteiger partial charge in [-0.1, -0.05) is 18.2 Å². The van der Waals surface area contributed by atoms with Gasteiger partial charge in [-0.2, -0.15) is 0 Å². The maximum Gasteiger partial charge on any atom is 0.344 e. The van der Waals surface area contributed by atoms with Crippen molar-refractivity contribution in [1.29, 1.82) is 0 Å². The topological polar surface area (TPSA) is 54.0 Å². The second kappa shape index (κ2) is 10.2. The van der Waals surface area contributed by atoms with Gasteiger partial charge in [0.1, 0.15) is 5.75 Å². The van der Waals surface area contributed by atoms with Gasteiger partial charge in [0.15, 0.2) is 6.61 Å². The largest absolute Gasteiger partial charge is 0.481 e. The van der Waals surface area contributed by atoms with Gasteiger partial charge >= 0.3 is 5.97 Å². The average Bonchev–Trinajstić information content (AvgIpc) is 2.49. The van der Waals surface area contributed by atoms with E-state index in [4.69, 9.17) is 18.9 Å². The monoisotopic (exact) mass is 296 g/mol. The van der Waals surface area contributed by atoms with Gasteiger partial charge in [0.2, 0.25) is 0 Å². The predicted molar refractivity (Wildman–Crippen MR) is 79.7 cm³/mol. The van der Waals surface area contributed by atoms with Crippen LogP contribution in [0.15, 0.2) is 18.2 Å². The molecule has 0 bridgehead atoms. The lowest BCUT2D eigenvalue weighted by Gasteiger charge is -2.10. The SMILES string of the molecule is C1COCCO1.CCOC(=O)COc1c(C)cccc1C. The number of aryl methyl sites for hydroxylation is 2. The molecule has 1 aromatic carbocycles. The zero-order valence-electron chi connectivity index (χ0n) is 13.0. The van der Waals surface area contributed by atoms with Gasteiger partial charge in [0.05, 0.1) is 33.0 Å². The molecule has 0 saturated carbocycles. The van der Waals surface area contributed by atoms with Crippen molar-refractivity contribution in [2.75, 3.05) is 39.6 Å². The zero-order valence-corrected chi connectivity index (χ0v) is 13.0. The second-order valence-corrected chi connectivity index (χ2v) is 4.54. The van der Waals surface area contributed by atoms with E-state index in [1.807, 2.05) is 32.0 Å². The summed E-state index contributed by atoms with van der Waals surface area (Å²) in [6.07, 6.45) is 0. The molecule has 0 N–H and O–H groups in total. The molecule has 0 unspecified atom stereocenters. The lowest BCUT2D eigenvalue weighted by Crippen LogP contribution is -2.16. The summed E-state index contributed by atoms with van der Waals surface area (Å²) in [7, 11) is 0. The fourth-order valence-corrected chi connectivity index (χ4v) is 1.80. The lowest BCUT2D eigenvalue weighted by molar-refractivity contribution is -0.145. The molecular weight excluding hydrogens is 272 g/mol. The van der Waals surface area contributed by atoms with Crippen molar-refractivity contribution >= 4 is 5.97 Å². The number of esters is 1. The van der Waals surface area contributed by atoms with Gasteiger partial charge < -0.3 is 18.9 Å². The molecule has 1 aliphatic rings. The Morgan fingerprint density at radius 1 is 1.10 bits per heavy atom. The maximum atomic E-state index is 11.1. The molecule has 118 valence electrons. The second-order valence-electron chi connectivity index (χ2n) is 4.54. The summed E-state index contributed by atoms with van der Waals surface area (Å²) in [5.41, 5.74) is 2.05. The molecular formula is C16H24O5. The number of rotatable bonds is 4. The van der Waals surface area contributed by atoms with Crippen molar-refractivity contribution in [3.63, 3.8) is 0 Å². The van der Waals surface area contributed by atoms with E-state index in [2.05, 4.69) is 0 Å². The summed E-state index contributed by atoms with van der Waals surface area (Å²) in [6.45, 7) is 9.15. The number of hydrogen-bond donors (Lipinski definition) is 0. The molecule has 2 rings (SSSR count). The highest BCUT2D eigenvalue weighted by molar-refractivity contribution is 5.71. The van der Waals surface area contributed by atoms with Gasteiger partial charge in [0.25, 0.3) is 0 Å².